The van der Waals surface area contributed by atoms with Gasteiger partial charge < -0.3 is 9.72 Å². The summed E-state index contributed by atoms with van der Waals surface area (Å²) < 4.78 is 6.41. The molecule has 0 bridgehead atoms. The molecule has 0 saturated heterocycles. The summed E-state index contributed by atoms with van der Waals surface area (Å²) in [5.74, 6) is 0. The van der Waals surface area contributed by atoms with E-state index in [1.165, 1.54) is 4.57 Å². The zero-order chi connectivity index (χ0) is 11.5. The molecule has 0 aliphatic heterocycles. The van der Waals surface area contributed by atoms with Crippen molar-refractivity contribution < 1.29 is 9.53 Å². The van der Waals surface area contributed by atoms with Crippen molar-refractivity contribution in [2.24, 2.45) is 0 Å². The molecule has 1 heterocycles. The maximum Gasteiger partial charge on any atom is 0.327 e. The molecule has 0 spiro atoms. The maximum atomic E-state index is 11.6. The highest BCUT2D eigenvalue weighted by Gasteiger charge is 2.06. The number of carbonyl (C=O) groups excluding carboxylic acids is 1. The summed E-state index contributed by atoms with van der Waals surface area (Å²) >= 11 is 0. The lowest BCUT2D eigenvalue weighted by atomic mass is 10.2. The van der Waals surface area contributed by atoms with E-state index in [0.717, 1.165) is 0 Å². The topological polar surface area (TPSA) is 64.1 Å². The number of H-pyrrole nitrogens is 1. The predicted molar refractivity (Wildman–Crippen MR) is 57.5 cm³/mol. The fraction of sp³-hybridized carbons (Fsp3) is 0.273. The van der Waals surface area contributed by atoms with E-state index < -0.39 is 0 Å². The molecule has 0 unspecified atom stereocenters. The lowest BCUT2D eigenvalue weighted by Crippen LogP contribution is -2.18. The number of methoxy groups -OCH3 is 1. The molecule has 0 fully saturated rings. The van der Waals surface area contributed by atoms with Crippen molar-refractivity contribution in [1.82, 2.24) is 9.55 Å². The third-order valence-electron chi connectivity index (χ3n) is 2.28. The Balaban J connectivity index is 2.53. The molecule has 82 valence electrons. The Hall–Kier alpha value is -2.06. The van der Waals surface area contributed by atoms with Gasteiger partial charge in [-0.1, -0.05) is 6.07 Å². The molecule has 0 amide bonds. The van der Waals surface area contributed by atoms with E-state index in [0.29, 0.717) is 36.0 Å². The Bertz CT molecular complexity index is 568. The van der Waals surface area contributed by atoms with Crippen molar-refractivity contribution in [3.63, 3.8) is 0 Å². The van der Waals surface area contributed by atoms with Crippen molar-refractivity contribution in [2.45, 2.75) is 6.54 Å². The molecule has 1 aromatic heterocycles. The van der Waals surface area contributed by atoms with E-state index in [4.69, 9.17) is 4.74 Å². The van der Waals surface area contributed by atoms with Crippen molar-refractivity contribution in [3.05, 3.63) is 34.2 Å². The summed E-state index contributed by atoms with van der Waals surface area (Å²) in [6.45, 7) is 0.885. The van der Waals surface area contributed by atoms with Crippen LogP contribution in [-0.4, -0.2) is 29.6 Å². The van der Waals surface area contributed by atoms with Crippen molar-refractivity contribution >= 4 is 17.3 Å². The van der Waals surface area contributed by atoms with Crippen LogP contribution >= 0.6 is 0 Å². The molecular weight excluding hydrogens is 208 g/mol. The van der Waals surface area contributed by atoms with Crippen LogP contribution < -0.4 is 5.69 Å². The molecular formula is C11H10N2O3. The van der Waals surface area contributed by atoms with Gasteiger partial charge in [-0.15, -0.1) is 0 Å². The van der Waals surface area contributed by atoms with Crippen LogP contribution in [0.3, 0.4) is 0 Å². The van der Waals surface area contributed by atoms with E-state index in [1.54, 1.807) is 13.2 Å². The van der Waals surface area contributed by atoms with Gasteiger partial charge in [0.05, 0.1) is 24.2 Å². The Morgan fingerprint density at radius 2 is 2.38 bits per heavy atom. The fourth-order valence-corrected chi connectivity index (χ4v) is 1.51. The van der Waals surface area contributed by atoms with Gasteiger partial charge in [0.15, 0.2) is 6.29 Å². The number of hydrogen-bond donors (Lipinski definition) is 1. The summed E-state index contributed by atoms with van der Waals surface area (Å²) in [5.41, 5.74) is 1.32. The highest BCUT2D eigenvalue weighted by atomic mass is 16.5. The number of hydrogen-bond acceptors (Lipinski definition) is 3. The number of ether oxygens (including phenoxy) is 1. The molecule has 0 aliphatic rings. The van der Waals surface area contributed by atoms with Crippen molar-refractivity contribution in [3.8, 4) is 0 Å². The van der Waals surface area contributed by atoms with Crippen LogP contribution in [0.5, 0.6) is 0 Å². The minimum absolute atomic E-state index is 0.236. The Kier molecular flexibility index (Phi) is 2.75. The van der Waals surface area contributed by atoms with Crippen molar-refractivity contribution in [1.29, 1.82) is 0 Å². The summed E-state index contributed by atoms with van der Waals surface area (Å²) in [6.07, 6.45) is 0.667. The lowest BCUT2D eigenvalue weighted by Gasteiger charge is -1.99. The summed E-state index contributed by atoms with van der Waals surface area (Å²) in [6, 6.07) is 7.04. The van der Waals surface area contributed by atoms with Gasteiger partial charge in [0, 0.05) is 7.11 Å². The molecule has 2 rings (SSSR count). The smallest absolute Gasteiger partial charge is 0.327 e. The third kappa shape index (κ3) is 1.71. The third-order valence-corrected chi connectivity index (χ3v) is 2.28. The van der Waals surface area contributed by atoms with E-state index in [9.17, 15) is 9.59 Å². The Labute approximate surface area is 91.6 Å². The molecule has 0 radical (unpaired) electrons. The van der Waals surface area contributed by atoms with Gasteiger partial charge in [0.1, 0.15) is 5.52 Å². The summed E-state index contributed by atoms with van der Waals surface area (Å²) in [4.78, 5) is 24.8. The highest BCUT2D eigenvalue weighted by molar-refractivity contribution is 5.82. The summed E-state index contributed by atoms with van der Waals surface area (Å²) in [7, 11) is 1.57. The first kappa shape index (κ1) is 10.5. The minimum Gasteiger partial charge on any atom is -0.383 e. The largest absolute Gasteiger partial charge is 0.383 e. The van der Waals surface area contributed by atoms with Crippen molar-refractivity contribution in [2.75, 3.05) is 13.7 Å². The molecule has 0 aliphatic carbocycles. The average molecular weight is 218 g/mol. The standard InChI is InChI=1S/C11H10N2O3/c1-16-5-4-13-10-3-2-8(7-14)6-9(10)12-11(13)15/h6-7H,4-5H2,1H3,(H,12,15). The number of carbonyl (C=O) groups is 1. The normalized spacial score (nSPS) is 10.3. The van der Waals surface area contributed by atoms with Gasteiger partial charge in [-0.2, -0.15) is 0 Å². The number of nitrogens with zero attached hydrogens (tertiary/aromatic N) is 1. The second-order valence-electron chi connectivity index (χ2n) is 3.30. The molecule has 5 heteroatoms. The van der Waals surface area contributed by atoms with Crippen LogP contribution in [0.2, 0.25) is 0 Å². The summed E-state index contributed by atoms with van der Waals surface area (Å²) in [5, 5.41) is 0. The quantitative estimate of drug-likeness (QED) is 0.755. The van der Waals surface area contributed by atoms with Gasteiger partial charge in [-0.3, -0.25) is 9.36 Å². The minimum atomic E-state index is -0.236. The molecule has 16 heavy (non-hydrogen) atoms. The zero-order valence-electron chi connectivity index (χ0n) is 8.74. The fourth-order valence-electron chi connectivity index (χ4n) is 1.51. The monoisotopic (exact) mass is 218 g/mol. The average Bonchev–Trinajstić information content (AvgIpc) is 2.61. The van der Waals surface area contributed by atoms with Crippen LogP contribution in [0.25, 0.3) is 11.0 Å². The first-order chi connectivity index (χ1) is 7.76. The van der Waals surface area contributed by atoms with Gasteiger partial charge in [-0.25, -0.2) is 4.79 Å². The van der Waals surface area contributed by atoms with E-state index in [2.05, 4.69) is 17.1 Å². The van der Waals surface area contributed by atoms with Gasteiger partial charge in [0.2, 0.25) is 0 Å². The first-order valence-electron chi connectivity index (χ1n) is 4.77. The maximum absolute atomic E-state index is 11.6. The first-order valence-corrected chi connectivity index (χ1v) is 4.77. The van der Waals surface area contributed by atoms with Gasteiger partial charge in [-0.05, 0) is 12.1 Å². The number of aromatic nitrogens is 2. The number of rotatable bonds is 4. The second kappa shape index (κ2) is 4.21. The molecule has 5 nitrogen and oxygen atoms in total. The molecule has 1 aromatic carbocycles. The number of nitrogens with one attached hydrogen (secondary N) is 1. The van der Waals surface area contributed by atoms with E-state index in [-0.39, 0.29) is 5.69 Å². The van der Waals surface area contributed by atoms with E-state index in [1.807, 2.05) is 0 Å². The number of imidazole rings is 1. The van der Waals surface area contributed by atoms with E-state index >= 15 is 0 Å². The molecule has 2 aromatic rings. The number of aldehydes is 1. The zero-order valence-corrected chi connectivity index (χ0v) is 8.74. The SMILES string of the molecule is COCCn1c(=O)[nH]c2cc(C=O)c#cc21. The van der Waals surface area contributed by atoms with Gasteiger partial charge in [0.25, 0.3) is 0 Å². The molecule has 0 saturated carbocycles. The van der Waals surface area contributed by atoms with Crippen LogP contribution in [0.1, 0.15) is 10.4 Å². The van der Waals surface area contributed by atoms with Crippen LogP contribution in [0.4, 0.5) is 0 Å². The van der Waals surface area contributed by atoms with Crippen LogP contribution in [-0.2, 0) is 11.3 Å². The van der Waals surface area contributed by atoms with Crippen LogP contribution in [0.15, 0.2) is 10.9 Å². The molecule has 0 atom stereocenters. The highest BCUT2D eigenvalue weighted by Crippen LogP contribution is 2.07. The predicted octanol–water partition coefficient (Wildman–Crippen LogP) is 0.389. The van der Waals surface area contributed by atoms with Gasteiger partial charge >= 0.3 is 5.69 Å². The lowest BCUT2D eigenvalue weighted by molar-refractivity contribution is 0.112. The number of fused-ring (bicyclic) bond motifs is 1. The Morgan fingerprint density at radius 1 is 1.56 bits per heavy atom. The van der Waals surface area contributed by atoms with Crippen LogP contribution in [0, 0.1) is 12.1 Å². The Morgan fingerprint density at radius 3 is 3.06 bits per heavy atom. The number of aromatic amines is 1. The molecule has 1 N–H and O–H groups in total. The second-order valence-corrected chi connectivity index (χ2v) is 3.30.